The number of amides is 1. The summed E-state index contributed by atoms with van der Waals surface area (Å²) in [6.45, 7) is -0.0486. The molecule has 0 aliphatic carbocycles. The second-order valence-electron chi connectivity index (χ2n) is 5.43. The third-order valence-electron chi connectivity index (χ3n) is 3.65. The number of halogens is 5. The fourth-order valence-electron chi connectivity index (χ4n) is 2.37. The van der Waals surface area contributed by atoms with Crippen LogP contribution in [-0.2, 0) is 6.18 Å². The molecule has 1 amide bonds. The number of rotatable bonds is 3. The van der Waals surface area contributed by atoms with Crippen molar-refractivity contribution in [3.05, 3.63) is 59.3 Å². The molecule has 0 bridgehead atoms. The van der Waals surface area contributed by atoms with E-state index in [4.69, 9.17) is 4.74 Å². The highest BCUT2D eigenvalue weighted by molar-refractivity contribution is 5.95. The molecule has 1 saturated heterocycles. The first-order valence-electron chi connectivity index (χ1n) is 7.19. The van der Waals surface area contributed by atoms with Gasteiger partial charge in [0.15, 0.2) is 0 Å². The van der Waals surface area contributed by atoms with Gasteiger partial charge in [-0.05, 0) is 24.3 Å². The molecule has 2 heterocycles. The molecule has 9 heteroatoms. The molecule has 1 aromatic heterocycles. The maximum Gasteiger partial charge on any atom is 0.421 e. The van der Waals surface area contributed by atoms with E-state index in [2.05, 4.69) is 4.98 Å². The second kappa shape index (κ2) is 6.30. The fraction of sp³-hybridized carbons (Fsp3) is 0.250. The molecule has 0 N–H and O–H groups in total. The van der Waals surface area contributed by atoms with Gasteiger partial charge >= 0.3 is 6.18 Å². The molecule has 1 aromatic carbocycles. The van der Waals surface area contributed by atoms with Gasteiger partial charge in [0.25, 0.3) is 5.91 Å². The Hall–Kier alpha value is -2.71. The van der Waals surface area contributed by atoms with Crippen LogP contribution in [0.1, 0.15) is 15.9 Å². The predicted molar refractivity (Wildman–Crippen MR) is 75.9 cm³/mol. The number of hydrogen-bond acceptors (Lipinski definition) is 3. The van der Waals surface area contributed by atoms with Gasteiger partial charge in [0.2, 0.25) is 5.88 Å². The van der Waals surface area contributed by atoms with Crippen molar-refractivity contribution in [3.8, 4) is 5.88 Å². The van der Waals surface area contributed by atoms with Gasteiger partial charge in [0.1, 0.15) is 23.3 Å². The molecule has 1 aliphatic rings. The average Bonchev–Trinajstić information content (AvgIpc) is 2.49. The summed E-state index contributed by atoms with van der Waals surface area (Å²) in [4.78, 5) is 16.9. The van der Waals surface area contributed by atoms with Crippen LogP contribution in [0.3, 0.4) is 0 Å². The van der Waals surface area contributed by atoms with E-state index in [0.717, 1.165) is 24.3 Å². The van der Waals surface area contributed by atoms with Gasteiger partial charge < -0.3 is 9.64 Å². The molecule has 0 unspecified atom stereocenters. The maximum atomic E-state index is 13.6. The van der Waals surface area contributed by atoms with Crippen LogP contribution in [0.4, 0.5) is 22.0 Å². The monoisotopic (exact) mass is 358 g/mol. The number of ether oxygens (including phenoxy) is 1. The lowest BCUT2D eigenvalue weighted by Crippen LogP contribution is -2.56. The molecule has 0 saturated carbocycles. The maximum absolute atomic E-state index is 13.6. The lowest BCUT2D eigenvalue weighted by atomic mass is 10.1. The van der Waals surface area contributed by atoms with Crippen LogP contribution in [0.25, 0.3) is 0 Å². The Morgan fingerprint density at radius 1 is 1.20 bits per heavy atom. The van der Waals surface area contributed by atoms with Gasteiger partial charge in [-0.3, -0.25) is 4.79 Å². The summed E-state index contributed by atoms with van der Waals surface area (Å²) in [5, 5.41) is 0. The van der Waals surface area contributed by atoms with E-state index in [1.54, 1.807) is 0 Å². The quantitative estimate of drug-likeness (QED) is 0.791. The smallest absolute Gasteiger partial charge is 0.421 e. The second-order valence-corrected chi connectivity index (χ2v) is 5.43. The highest BCUT2D eigenvalue weighted by atomic mass is 19.4. The molecule has 0 atom stereocenters. The molecular weight excluding hydrogens is 347 g/mol. The zero-order chi connectivity index (χ0) is 18.2. The van der Waals surface area contributed by atoms with Crippen LogP contribution >= 0.6 is 0 Å². The summed E-state index contributed by atoms with van der Waals surface area (Å²) in [6.07, 6.45) is -4.14. The summed E-state index contributed by atoms with van der Waals surface area (Å²) >= 11 is 0. The summed E-state index contributed by atoms with van der Waals surface area (Å²) in [5.41, 5.74) is -1.32. The number of likely N-dealkylation sites (tertiary alicyclic amines) is 1. The third-order valence-corrected chi connectivity index (χ3v) is 3.65. The Kier molecular flexibility index (Phi) is 4.32. The molecule has 25 heavy (non-hydrogen) atoms. The van der Waals surface area contributed by atoms with Gasteiger partial charge in [-0.2, -0.15) is 13.2 Å². The summed E-state index contributed by atoms with van der Waals surface area (Å²) in [5.74, 6) is -3.07. The average molecular weight is 358 g/mol. The van der Waals surface area contributed by atoms with Crippen molar-refractivity contribution >= 4 is 5.91 Å². The van der Waals surface area contributed by atoms with Crippen molar-refractivity contribution in [2.24, 2.45) is 0 Å². The minimum atomic E-state index is -4.61. The molecule has 3 rings (SSSR count). The Labute approximate surface area is 138 Å². The fourth-order valence-corrected chi connectivity index (χ4v) is 2.37. The number of aromatic nitrogens is 1. The van der Waals surface area contributed by atoms with Crippen molar-refractivity contribution in [2.75, 3.05) is 13.1 Å². The van der Waals surface area contributed by atoms with Crippen molar-refractivity contribution < 1.29 is 31.5 Å². The van der Waals surface area contributed by atoms with E-state index in [1.165, 1.54) is 11.1 Å². The Morgan fingerprint density at radius 2 is 1.92 bits per heavy atom. The minimum absolute atomic E-state index is 0.0243. The molecule has 1 fully saturated rings. The first-order valence-corrected chi connectivity index (χ1v) is 7.19. The number of benzene rings is 1. The molecule has 0 spiro atoms. The molecule has 0 radical (unpaired) electrons. The largest absolute Gasteiger partial charge is 0.470 e. The number of hydrogen-bond donors (Lipinski definition) is 0. The highest BCUT2D eigenvalue weighted by Crippen LogP contribution is 2.35. The standard InChI is InChI=1S/C16H11F5N2O2/c17-9-3-4-11(13(18)6-9)15(24)23-7-10(8-23)25-14-12(16(19,20)21)2-1-5-22-14/h1-6,10H,7-8H2. The lowest BCUT2D eigenvalue weighted by Gasteiger charge is -2.39. The minimum Gasteiger partial charge on any atom is -0.470 e. The van der Waals surface area contributed by atoms with Crippen molar-refractivity contribution in [1.29, 1.82) is 0 Å². The zero-order valence-electron chi connectivity index (χ0n) is 12.6. The molecular formula is C16H11F5N2O2. The van der Waals surface area contributed by atoms with E-state index in [1.807, 2.05) is 0 Å². The molecule has 132 valence electrons. The summed E-state index contributed by atoms with van der Waals surface area (Å²) in [6, 6.07) is 4.54. The van der Waals surface area contributed by atoms with E-state index in [0.29, 0.717) is 6.07 Å². The third kappa shape index (κ3) is 3.54. The van der Waals surface area contributed by atoms with Gasteiger partial charge in [0, 0.05) is 12.3 Å². The first-order chi connectivity index (χ1) is 11.8. The Bertz CT molecular complexity index is 803. The molecule has 1 aliphatic heterocycles. The number of nitrogens with zero attached hydrogens (tertiary/aromatic N) is 2. The SMILES string of the molecule is O=C(c1ccc(F)cc1F)N1CC(Oc2ncccc2C(F)(F)F)C1. The first kappa shape index (κ1) is 17.1. The van der Waals surface area contributed by atoms with E-state index < -0.39 is 41.3 Å². The lowest BCUT2D eigenvalue weighted by molar-refractivity contribution is -0.140. The molecule has 2 aromatic rings. The normalized spacial score (nSPS) is 15.0. The topological polar surface area (TPSA) is 42.4 Å². The summed E-state index contributed by atoms with van der Waals surface area (Å²) < 4.78 is 70.3. The Balaban J connectivity index is 1.65. The molecule has 4 nitrogen and oxygen atoms in total. The van der Waals surface area contributed by atoms with Gasteiger partial charge in [0.05, 0.1) is 18.7 Å². The number of carbonyl (C=O) groups is 1. The van der Waals surface area contributed by atoms with Crippen LogP contribution in [0.15, 0.2) is 36.5 Å². The van der Waals surface area contributed by atoms with Gasteiger partial charge in [-0.25, -0.2) is 13.8 Å². The Morgan fingerprint density at radius 3 is 2.56 bits per heavy atom. The van der Waals surface area contributed by atoms with Crippen LogP contribution in [0.2, 0.25) is 0 Å². The van der Waals surface area contributed by atoms with Crippen molar-refractivity contribution in [2.45, 2.75) is 12.3 Å². The highest BCUT2D eigenvalue weighted by Gasteiger charge is 2.38. The number of carbonyl (C=O) groups excluding carboxylic acids is 1. The number of pyridine rings is 1. The van der Waals surface area contributed by atoms with E-state index >= 15 is 0 Å². The van der Waals surface area contributed by atoms with Gasteiger partial charge in [-0.15, -0.1) is 0 Å². The number of alkyl halides is 3. The van der Waals surface area contributed by atoms with Crippen molar-refractivity contribution in [3.63, 3.8) is 0 Å². The van der Waals surface area contributed by atoms with Crippen LogP contribution in [0.5, 0.6) is 5.88 Å². The van der Waals surface area contributed by atoms with E-state index in [-0.39, 0.29) is 18.7 Å². The van der Waals surface area contributed by atoms with Crippen LogP contribution in [0, 0.1) is 11.6 Å². The van der Waals surface area contributed by atoms with Crippen LogP contribution in [-0.4, -0.2) is 35.0 Å². The van der Waals surface area contributed by atoms with Crippen LogP contribution < -0.4 is 4.74 Å². The van der Waals surface area contributed by atoms with Gasteiger partial charge in [-0.1, -0.05) is 0 Å². The summed E-state index contributed by atoms with van der Waals surface area (Å²) in [7, 11) is 0. The predicted octanol–water partition coefficient (Wildman–Crippen LogP) is 3.28. The zero-order valence-corrected chi connectivity index (χ0v) is 12.6. The van der Waals surface area contributed by atoms with E-state index in [9.17, 15) is 26.7 Å². The van der Waals surface area contributed by atoms with Crippen molar-refractivity contribution in [1.82, 2.24) is 9.88 Å².